The number of rotatable bonds is 15. The molecule has 4 rings (SSSR count). The Morgan fingerprint density at radius 1 is 0.833 bits per heavy atom. The van der Waals surface area contributed by atoms with Crippen LogP contribution in [0.5, 0.6) is 11.8 Å². The molecule has 9 nitrogen and oxygen atoms in total. The Hall–Kier alpha value is -4.68. The third-order valence-electron chi connectivity index (χ3n) is 8.58. The monoisotopic (exact) mass is 781 g/mol. The number of hydrogen-bond donors (Lipinski definition) is 1. The van der Waals surface area contributed by atoms with Crippen LogP contribution in [-0.2, 0) is 11.0 Å². The van der Waals surface area contributed by atoms with Crippen LogP contribution in [0, 0.1) is 0 Å². The molecule has 1 aromatic heterocycles. The van der Waals surface area contributed by atoms with Crippen LogP contribution >= 0.6 is 0 Å². The van der Waals surface area contributed by atoms with Crippen LogP contribution in [0.25, 0.3) is 11.1 Å². The highest BCUT2D eigenvalue weighted by Crippen LogP contribution is 2.48. The van der Waals surface area contributed by atoms with E-state index in [-0.39, 0.29) is 42.6 Å². The molecule has 0 saturated carbocycles. The van der Waals surface area contributed by atoms with Crippen molar-refractivity contribution < 1.29 is 63.0 Å². The van der Waals surface area contributed by atoms with Gasteiger partial charge in [-0.1, -0.05) is 30.3 Å². The SMILES string of the molecule is CCOc1ncnc(OCC)c1N(CCCCN1CCC(NC(=O)c2ccccc2-c2ccc(C(F)(F)F)cc2)CC1)C(=O)C(F)(F)C(F)(F)C(F)(F)F. The van der Waals surface area contributed by atoms with E-state index in [1.165, 1.54) is 26.0 Å². The molecule has 1 aliphatic heterocycles. The minimum absolute atomic E-state index is 0.0416. The van der Waals surface area contributed by atoms with Gasteiger partial charge in [-0.25, -0.2) is 0 Å². The van der Waals surface area contributed by atoms with Crippen molar-refractivity contribution in [3.8, 4) is 22.9 Å². The summed E-state index contributed by atoms with van der Waals surface area (Å²) in [6.07, 6.45) is -9.37. The molecule has 2 heterocycles. The Labute approximate surface area is 303 Å². The molecule has 19 heteroatoms. The van der Waals surface area contributed by atoms with Gasteiger partial charge in [-0.3, -0.25) is 14.5 Å². The van der Waals surface area contributed by atoms with E-state index in [0.717, 1.165) is 18.5 Å². The number of ether oxygens (including phenoxy) is 2. The highest BCUT2D eigenvalue weighted by molar-refractivity contribution is 6.02. The molecule has 0 unspecified atom stereocenters. The van der Waals surface area contributed by atoms with Crippen molar-refractivity contribution in [3.63, 3.8) is 0 Å². The quantitative estimate of drug-likeness (QED) is 0.124. The molecule has 2 amide bonds. The number of carbonyl (C=O) groups excluding carboxylic acids is 2. The molecule has 0 spiro atoms. The zero-order chi connectivity index (χ0) is 39.9. The van der Waals surface area contributed by atoms with Gasteiger partial charge >= 0.3 is 30.1 Å². The van der Waals surface area contributed by atoms with Crippen molar-refractivity contribution in [2.24, 2.45) is 0 Å². The van der Waals surface area contributed by atoms with Crippen LogP contribution < -0.4 is 19.7 Å². The Balaban J connectivity index is 1.40. The molecule has 54 heavy (non-hydrogen) atoms. The molecule has 3 aromatic rings. The second-order valence-electron chi connectivity index (χ2n) is 12.2. The van der Waals surface area contributed by atoms with Crippen molar-refractivity contribution in [1.82, 2.24) is 20.2 Å². The van der Waals surface area contributed by atoms with Gasteiger partial charge in [0.25, 0.3) is 5.91 Å². The molecular weight excluding hydrogens is 744 g/mol. The minimum Gasteiger partial charge on any atom is -0.476 e. The number of alkyl halides is 10. The lowest BCUT2D eigenvalue weighted by atomic mass is 9.97. The highest BCUT2D eigenvalue weighted by Gasteiger charge is 2.77. The molecule has 0 bridgehead atoms. The molecule has 0 atom stereocenters. The summed E-state index contributed by atoms with van der Waals surface area (Å²) in [7, 11) is 0. The molecule has 2 aromatic carbocycles. The van der Waals surface area contributed by atoms with Crippen LogP contribution in [0.4, 0.5) is 49.6 Å². The topological polar surface area (TPSA) is 96.9 Å². The average Bonchev–Trinajstić information content (AvgIpc) is 3.12. The van der Waals surface area contributed by atoms with E-state index in [1.807, 2.05) is 4.90 Å². The van der Waals surface area contributed by atoms with Crippen molar-refractivity contribution >= 4 is 17.5 Å². The summed E-state index contributed by atoms with van der Waals surface area (Å²) in [4.78, 5) is 35.7. The van der Waals surface area contributed by atoms with Gasteiger partial charge in [-0.05, 0) is 75.4 Å². The van der Waals surface area contributed by atoms with Gasteiger partial charge in [0.15, 0.2) is 5.69 Å². The predicted molar refractivity (Wildman–Crippen MR) is 176 cm³/mol. The largest absolute Gasteiger partial charge is 0.476 e. The van der Waals surface area contributed by atoms with E-state index >= 15 is 0 Å². The molecular formula is C35H37F10N5O4. The molecule has 1 N–H and O–H groups in total. The molecule has 296 valence electrons. The Morgan fingerprint density at radius 2 is 1.41 bits per heavy atom. The Morgan fingerprint density at radius 3 is 1.94 bits per heavy atom. The summed E-state index contributed by atoms with van der Waals surface area (Å²) in [6, 6.07) is 10.6. The lowest BCUT2D eigenvalue weighted by Crippen LogP contribution is -2.60. The minimum atomic E-state index is -6.75. The van der Waals surface area contributed by atoms with Gasteiger partial charge in [-0.15, -0.1) is 0 Å². The first-order valence-corrected chi connectivity index (χ1v) is 16.9. The predicted octanol–water partition coefficient (Wildman–Crippen LogP) is 7.80. The van der Waals surface area contributed by atoms with E-state index in [4.69, 9.17) is 9.47 Å². The van der Waals surface area contributed by atoms with E-state index in [2.05, 4.69) is 15.3 Å². The standard InChI is InChI=1S/C35H37F10N5O4/c1-3-53-29-27(30(54-4-2)47-21-46-29)50(31(52)32(36,37)34(41,42)35(43,44)45)18-8-7-17-49-19-15-24(16-20-49)48-28(51)26-10-6-5-9-25(26)22-11-13-23(14-12-22)33(38,39)40/h5-6,9-14,21,24H,3-4,7-8,15-20H2,1-2H3,(H,48,51). The second kappa shape index (κ2) is 17.2. The number of halogens is 10. The van der Waals surface area contributed by atoms with Crippen LogP contribution in [0.15, 0.2) is 54.9 Å². The zero-order valence-corrected chi connectivity index (χ0v) is 29.0. The fourth-order valence-electron chi connectivity index (χ4n) is 5.80. The molecule has 1 saturated heterocycles. The van der Waals surface area contributed by atoms with Crippen LogP contribution in [0.2, 0.25) is 0 Å². The van der Waals surface area contributed by atoms with E-state index in [1.54, 1.807) is 24.3 Å². The fraction of sp³-hybridized carbons (Fsp3) is 0.486. The van der Waals surface area contributed by atoms with Gasteiger partial charge in [-0.2, -0.15) is 53.9 Å². The fourth-order valence-corrected chi connectivity index (χ4v) is 5.80. The summed E-state index contributed by atoms with van der Waals surface area (Å²) < 4.78 is 146. The number of piperidine rings is 1. The number of unbranched alkanes of at least 4 members (excludes halogenated alkanes) is 1. The molecule has 1 fully saturated rings. The number of hydrogen-bond acceptors (Lipinski definition) is 7. The summed E-state index contributed by atoms with van der Waals surface area (Å²) in [5.74, 6) is -17.3. The number of nitrogens with one attached hydrogen (secondary N) is 1. The van der Waals surface area contributed by atoms with Gasteiger partial charge in [0, 0.05) is 31.2 Å². The molecule has 1 aliphatic rings. The summed E-state index contributed by atoms with van der Waals surface area (Å²) in [6.45, 7) is 3.11. The van der Waals surface area contributed by atoms with Gasteiger partial charge in [0.05, 0.1) is 18.8 Å². The first kappa shape index (κ1) is 42.1. The van der Waals surface area contributed by atoms with Gasteiger partial charge < -0.3 is 19.7 Å². The summed E-state index contributed by atoms with van der Waals surface area (Å²) >= 11 is 0. The number of amides is 2. The second-order valence-corrected chi connectivity index (χ2v) is 12.2. The van der Waals surface area contributed by atoms with Gasteiger partial charge in [0.2, 0.25) is 11.8 Å². The van der Waals surface area contributed by atoms with Gasteiger partial charge in [0.1, 0.15) is 6.33 Å². The number of benzene rings is 2. The van der Waals surface area contributed by atoms with Crippen molar-refractivity contribution in [1.29, 1.82) is 0 Å². The van der Waals surface area contributed by atoms with E-state index < -0.39 is 65.6 Å². The zero-order valence-electron chi connectivity index (χ0n) is 29.0. The summed E-state index contributed by atoms with van der Waals surface area (Å²) in [5.41, 5.74) is -0.418. The van der Waals surface area contributed by atoms with Crippen LogP contribution in [-0.4, -0.2) is 90.1 Å². The molecule has 0 radical (unpaired) electrons. The number of aromatic nitrogens is 2. The highest BCUT2D eigenvalue weighted by atomic mass is 19.4. The lowest BCUT2D eigenvalue weighted by Gasteiger charge is -2.34. The van der Waals surface area contributed by atoms with Crippen LogP contribution in [0.3, 0.4) is 0 Å². The first-order valence-electron chi connectivity index (χ1n) is 16.9. The number of nitrogens with zero attached hydrogens (tertiary/aromatic N) is 4. The third-order valence-corrected chi connectivity index (χ3v) is 8.58. The third kappa shape index (κ3) is 9.51. The molecule has 0 aliphatic carbocycles. The maximum Gasteiger partial charge on any atom is 0.460 e. The maximum absolute atomic E-state index is 14.8. The number of anilines is 1. The Bertz CT molecular complexity index is 1710. The van der Waals surface area contributed by atoms with Crippen molar-refractivity contribution in [3.05, 3.63) is 66.0 Å². The normalized spacial score (nSPS) is 14.8. The van der Waals surface area contributed by atoms with Crippen molar-refractivity contribution in [2.75, 3.05) is 44.3 Å². The lowest BCUT2D eigenvalue weighted by molar-refractivity contribution is -0.343. The first-order chi connectivity index (χ1) is 25.3. The maximum atomic E-state index is 14.8. The van der Waals surface area contributed by atoms with E-state index in [0.29, 0.717) is 43.6 Å². The smallest absolute Gasteiger partial charge is 0.460 e. The van der Waals surface area contributed by atoms with E-state index in [9.17, 15) is 53.5 Å². The number of likely N-dealkylation sites (tertiary alicyclic amines) is 1. The Kier molecular flexibility index (Phi) is 13.4. The average molecular weight is 782 g/mol. The van der Waals surface area contributed by atoms with Crippen LogP contribution in [0.1, 0.15) is 55.5 Å². The number of carbonyl (C=O) groups is 2. The summed E-state index contributed by atoms with van der Waals surface area (Å²) in [5, 5.41) is 2.94. The van der Waals surface area contributed by atoms with Crippen molar-refractivity contribution in [2.45, 2.75) is 69.8 Å².